The summed E-state index contributed by atoms with van der Waals surface area (Å²) in [6.45, 7) is 4.71. The molecule has 0 bridgehead atoms. The van der Waals surface area contributed by atoms with Crippen molar-refractivity contribution in [1.82, 2.24) is 14.9 Å². The maximum absolute atomic E-state index is 10.2. The largest absolute Gasteiger partial charge is 0.391 e. The molecule has 1 aromatic rings. The van der Waals surface area contributed by atoms with Crippen LogP contribution in [-0.4, -0.2) is 57.2 Å². The Bertz CT molecular complexity index is 548. The van der Waals surface area contributed by atoms with Gasteiger partial charge in [0.05, 0.1) is 11.8 Å². The lowest BCUT2D eigenvalue weighted by molar-refractivity contribution is 0.151. The fourth-order valence-electron chi connectivity index (χ4n) is 3.11. The molecule has 114 valence electrons. The zero-order valence-corrected chi connectivity index (χ0v) is 13.1. The average molecular weight is 306 g/mol. The number of β-amino-alcohol motifs (C(OH)–C–C–N with tert-alkyl or cyclic N) is 1. The van der Waals surface area contributed by atoms with Gasteiger partial charge >= 0.3 is 0 Å². The fraction of sp³-hybridized carbons (Fsp3) is 0.600. The molecule has 1 fully saturated rings. The van der Waals surface area contributed by atoms with Crippen molar-refractivity contribution in [1.29, 1.82) is 0 Å². The van der Waals surface area contributed by atoms with Gasteiger partial charge in [-0.3, -0.25) is 4.90 Å². The highest BCUT2D eigenvalue weighted by molar-refractivity contribution is 7.99. The number of hydrogen-bond donors (Lipinski definition) is 2. The SMILES string of the molecule is CCSC[C@H]1CN(CC2=CCc3c(N)ncnc32)C[C@@H]1O. The van der Waals surface area contributed by atoms with Gasteiger partial charge < -0.3 is 10.8 Å². The van der Waals surface area contributed by atoms with E-state index in [2.05, 4.69) is 27.9 Å². The standard InChI is InChI=1S/C15H22N4OS/c1-2-21-8-11-6-19(7-13(11)20)5-10-3-4-12-14(10)17-9-18-15(12)16/h3,9,11,13,20H,2,4-8H2,1H3,(H2,16,17,18)/t11-,13+/m1/s1. The van der Waals surface area contributed by atoms with Crippen LogP contribution in [-0.2, 0) is 6.42 Å². The molecule has 1 aliphatic carbocycles. The monoisotopic (exact) mass is 306 g/mol. The summed E-state index contributed by atoms with van der Waals surface area (Å²) in [6, 6.07) is 0. The number of aromatic nitrogens is 2. The molecule has 0 radical (unpaired) electrons. The minimum Gasteiger partial charge on any atom is -0.391 e. The normalized spacial score (nSPS) is 25.1. The summed E-state index contributed by atoms with van der Waals surface area (Å²) in [5.41, 5.74) is 9.15. The van der Waals surface area contributed by atoms with Gasteiger partial charge in [-0.1, -0.05) is 13.0 Å². The van der Waals surface area contributed by atoms with Crippen LogP contribution in [0.1, 0.15) is 18.2 Å². The van der Waals surface area contributed by atoms with Gasteiger partial charge in [0.25, 0.3) is 0 Å². The van der Waals surface area contributed by atoms with Crippen molar-refractivity contribution in [2.24, 2.45) is 5.92 Å². The first-order valence-electron chi connectivity index (χ1n) is 7.46. The zero-order valence-electron chi connectivity index (χ0n) is 12.3. The lowest BCUT2D eigenvalue weighted by Crippen LogP contribution is -2.24. The Kier molecular flexibility index (Phi) is 4.47. The summed E-state index contributed by atoms with van der Waals surface area (Å²) in [5, 5.41) is 10.2. The molecule has 2 heterocycles. The molecule has 6 heteroatoms. The smallest absolute Gasteiger partial charge is 0.130 e. The zero-order chi connectivity index (χ0) is 14.8. The van der Waals surface area contributed by atoms with Crippen LogP contribution >= 0.6 is 11.8 Å². The number of thioether (sulfide) groups is 1. The Hall–Kier alpha value is -1.11. The second-order valence-corrected chi connectivity index (χ2v) is 7.02. The van der Waals surface area contributed by atoms with Crippen molar-refractivity contribution in [2.75, 3.05) is 36.9 Å². The van der Waals surface area contributed by atoms with Crippen molar-refractivity contribution >= 4 is 23.2 Å². The highest BCUT2D eigenvalue weighted by atomic mass is 32.2. The van der Waals surface area contributed by atoms with Crippen molar-refractivity contribution in [3.8, 4) is 0 Å². The summed E-state index contributed by atoms with van der Waals surface area (Å²) in [4.78, 5) is 10.8. The molecule has 2 atom stereocenters. The number of nitrogens with zero attached hydrogens (tertiary/aromatic N) is 3. The highest BCUT2D eigenvalue weighted by Crippen LogP contribution is 2.30. The van der Waals surface area contributed by atoms with Crippen LogP contribution in [0.15, 0.2) is 12.4 Å². The number of rotatable bonds is 5. The van der Waals surface area contributed by atoms with Gasteiger partial charge in [-0.2, -0.15) is 11.8 Å². The van der Waals surface area contributed by atoms with Crippen LogP contribution in [0, 0.1) is 5.92 Å². The maximum atomic E-state index is 10.2. The summed E-state index contributed by atoms with van der Waals surface area (Å²) >= 11 is 1.91. The van der Waals surface area contributed by atoms with Gasteiger partial charge in [-0.05, 0) is 23.5 Å². The van der Waals surface area contributed by atoms with E-state index in [4.69, 9.17) is 5.73 Å². The first-order chi connectivity index (χ1) is 10.2. The van der Waals surface area contributed by atoms with Gasteiger partial charge in [-0.15, -0.1) is 0 Å². The van der Waals surface area contributed by atoms with Gasteiger partial charge in [0, 0.05) is 31.1 Å². The quantitative estimate of drug-likeness (QED) is 0.847. The molecule has 5 nitrogen and oxygen atoms in total. The Morgan fingerprint density at radius 2 is 2.29 bits per heavy atom. The average Bonchev–Trinajstić information content (AvgIpc) is 3.02. The number of likely N-dealkylation sites (tertiary alicyclic amines) is 1. The van der Waals surface area contributed by atoms with Crippen molar-refractivity contribution in [3.63, 3.8) is 0 Å². The lowest BCUT2D eigenvalue weighted by atomic mass is 10.1. The number of aliphatic hydroxyl groups excluding tert-OH is 1. The number of nitrogens with two attached hydrogens (primary N) is 1. The number of anilines is 1. The Morgan fingerprint density at radius 3 is 3.10 bits per heavy atom. The number of hydrogen-bond acceptors (Lipinski definition) is 6. The number of nitrogen functional groups attached to an aromatic ring is 1. The van der Waals surface area contributed by atoms with E-state index in [1.165, 1.54) is 11.9 Å². The van der Waals surface area contributed by atoms with Crippen LogP contribution in [0.4, 0.5) is 5.82 Å². The molecule has 1 aromatic heterocycles. The Morgan fingerprint density at radius 1 is 1.43 bits per heavy atom. The number of allylic oxidation sites excluding steroid dienone is 1. The topological polar surface area (TPSA) is 75.3 Å². The number of fused-ring (bicyclic) bond motifs is 1. The fourth-order valence-corrected chi connectivity index (χ4v) is 3.98. The van der Waals surface area contributed by atoms with E-state index < -0.39 is 0 Å². The molecule has 0 amide bonds. The summed E-state index contributed by atoms with van der Waals surface area (Å²) < 4.78 is 0. The van der Waals surface area contributed by atoms with E-state index in [-0.39, 0.29) is 6.10 Å². The Labute approximate surface area is 129 Å². The third-order valence-corrected chi connectivity index (χ3v) is 5.32. The third-order valence-electron chi connectivity index (χ3n) is 4.25. The van der Waals surface area contributed by atoms with Gasteiger partial charge in [-0.25, -0.2) is 9.97 Å². The van der Waals surface area contributed by atoms with E-state index in [1.54, 1.807) is 0 Å². The summed E-state index contributed by atoms with van der Waals surface area (Å²) in [5.74, 6) is 3.12. The summed E-state index contributed by atoms with van der Waals surface area (Å²) in [7, 11) is 0. The minimum absolute atomic E-state index is 0.207. The van der Waals surface area contributed by atoms with Crippen LogP contribution < -0.4 is 5.73 Å². The van der Waals surface area contributed by atoms with Gasteiger partial charge in [0.15, 0.2) is 0 Å². The molecule has 21 heavy (non-hydrogen) atoms. The molecule has 0 aromatic carbocycles. The molecule has 1 saturated heterocycles. The van der Waals surface area contributed by atoms with Gasteiger partial charge in [0.1, 0.15) is 12.1 Å². The third kappa shape index (κ3) is 3.07. The second-order valence-electron chi connectivity index (χ2n) is 5.70. The van der Waals surface area contributed by atoms with Crippen LogP contribution in [0.5, 0.6) is 0 Å². The van der Waals surface area contributed by atoms with Gasteiger partial charge in [0.2, 0.25) is 0 Å². The molecular weight excluding hydrogens is 284 g/mol. The van der Waals surface area contributed by atoms with E-state index in [0.717, 1.165) is 48.8 Å². The van der Waals surface area contributed by atoms with Crippen molar-refractivity contribution < 1.29 is 5.11 Å². The van der Waals surface area contributed by atoms with Crippen molar-refractivity contribution in [2.45, 2.75) is 19.4 Å². The summed E-state index contributed by atoms with van der Waals surface area (Å²) in [6.07, 6.45) is 4.34. The molecule has 2 aliphatic rings. The number of aliphatic hydroxyl groups is 1. The molecule has 3 rings (SSSR count). The van der Waals surface area contributed by atoms with E-state index >= 15 is 0 Å². The van der Waals surface area contributed by atoms with E-state index in [0.29, 0.717) is 11.7 Å². The molecule has 0 saturated carbocycles. The molecular formula is C15H22N4OS. The second kappa shape index (κ2) is 6.34. The Balaban J connectivity index is 1.63. The molecule has 0 spiro atoms. The first-order valence-corrected chi connectivity index (χ1v) is 8.61. The minimum atomic E-state index is -0.207. The highest BCUT2D eigenvalue weighted by Gasteiger charge is 2.32. The molecule has 1 aliphatic heterocycles. The predicted molar refractivity (Wildman–Crippen MR) is 87.1 cm³/mol. The van der Waals surface area contributed by atoms with E-state index in [1.807, 2.05) is 11.8 Å². The predicted octanol–water partition coefficient (Wildman–Crippen LogP) is 1.04. The van der Waals surface area contributed by atoms with Crippen LogP contribution in [0.2, 0.25) is 0 Å². The van der Waals surface area contributed by atoms with Crippen molar-refractivity contribution in [3.05, 3.63) is 23.7 Å². The lowest BCUT2D eigenvalue weighted by Gasteiger charge is -2.16. The molecule has 0 unspecified atom stereocenters. The maximum Gasteiger partial charge on any atom is 0.130 e. The van der Waals surface area contributed by atoms with E-state index in [9.17, 15) is 5.11 Å². The van der Waals surface area contributed by atoms with Crippen LogP contribution in [0.3, 0.4) is 0 Å². The first kappa shape index (κ1) is 14.8. The van der Waals surface area contributed by atoms with Crippen LogP contribution in [0.25, 0.3) is 5.57 Å². The molecule has 3 N–H and O–H groups in total.